The molecule has 0 bridgehead atoms. The van der Waals surface area contributed by atoms with Crippen LogP contribution in [-0.2, 0) is 0 Å². The van der Waals surface area contributed by atoms with Gasteiger partial charge in [-0.15, -0.1) is 0 Å². The number of aromatic amines is 1. The van der Waals surface area contributed by atoms with Crippen LogP contribution >= 0.6 is 11.8 Å². The van der Waals surface area contributed by atoms with Gasteiger partial charge in [0, 0.05) is 4.90 Å². The van der Waals surface area contributed by atoms with E-state index in [4.69, 9.17) is 10.5 Å². The molecule has 0 aliphatic carbocycles. The summed E-state index contributed by atoms with van der Waals surface area (Å²) in [7, 11) is 0. The molecule has 4 nitrogen and oxygen atoms in total. The van der Waals surface area contributed by atoms with E-state index in [9.17, 15) is 0 Å². The first-order chi connectivity index (χ1) is 10.2. The van der Waals surface area contributed by atoms with Gasteiger partial charge in [0.2, 0.25) is 0 Å². The van der Waals surface area contributed by atoms with E-state index >= 15 is 0 Å². The molecule has 2 aromatic carbocycles. The van der Waals surface area contributed by atoms with Gasteiger partial charge < -0.3 is 15.5 Å². The number of aromatic nitrogens is 2. The number of benzene rings is 2. The highest BCUT2D eigenvalue weighted by molar-refractivity contribution is 7.99. The minimum atomic E-state index is 0.599. The molecule has 1 heterocycles. The Kier molecular flexibility index (Phi) is 3.75. The summed E-state index contributed by atoms with van der Waals surface area (Å²) in [4.78, 5) is 8.96. The Bertz CT molecular complexity index is 782. The Labute approximate surface area is 127 Å². The summed E-state index contributed by atoms with van der Waals surface area (Å²) in [6.07, 6.45) is 0. The van der Waals surface area contributed by atoms with E-state index in [-0.39, 0.29) is 0 Å². The fourth-order valence-corrected chi connectivity index (χ4v) is 2.95. The van der Waals surface area contributed by atoms with Crippen molar-refractivity contribution in [3.63, 3.8) is 0 Å². The number of anilines is 1. The molecular formula is C16H17N3OS. The molecule has 1 aromatic heterocycles. The van der Waals surface area contributed by atoms with Crippen molar-refractivity contribution in [2.24, 2.45) is 0 Å². The van der Waals surface area contributed by atoms with Gasteiger partial charge in [-0.3, -0.25) is 0 Å². The first-order valence-corrected chi connectivity index (χ1v) is 7.64. The number of fused-ring (bicyclic) bond motifs is 1. The van der Waals surface area contributed by atoms with Gasteiger partial charge in [-0.05, 0) is 49.7 Å². The molecule has 0 saturated heterocycles. The molecule has 0 fully saturated rings. The summed E-state index contributed by atoms with van der Waals surface area (Å²) in [6, 6.07) is 12.0. The second kappa shape index (κ2) is 5.69. The van der Waals surface area contributed by atoms with Crippen molar-refractivity contribution in [3.8, 4) is 5.75 Å². The number of H-pyrrole nitrogens is 1. The molecule has 0 unspecified atom stereocenters. The van der Waals surface area contributed by atoms with Crippen molar-refractivity contribution in [1.29, 1.82) is 0 Å². The maximum atomic E-state index is 5.89. The molecule has 0 aliphatic heterocycles. The predicted molar refractivity (Wildman–Crippen MR) is 87.0 cm³/mol. The van der Waals surface area contributed by atoms with Crippen LogP contribution in [0.1, 0.15) is 12.5 Å². The van der Waals surface area contributed by atoms with Crippen LogP contribution in [0.2, 0.25) is 0 Å². The largest absolute Gasteiger partial charge is 0.492 e. The van der Waals surface area contributed by atoms with Crippen molar-refractivity contribution < 1.29 is 4.74 Å². The number of nitrogens with two attached hydrogens (primary N) is 1. The summed E-state index contributed by atoms with van der Waals surface area (Å²) < 4.78 is 5.52. The van der Waals surface area contributed by atoms with Crippen molar-refractivity contribution >= 4 is 28.5 Å². The van der Waals surface area contributed by atoms with Crippen molar-refractivity contribution in [2.45, 2.75) is 23.9 Å². The zero-order valence-corrected chi connectivity index (χ0v) is 12.8. The molecule has 0 amide bonds. The normalized spacial score (nSPS) is 11.0. The van der Waals surface area contributed by atoms with Crippen LogP contribution in [0.5, 0.6) is 5.75 Å². The zero-order chi connectivity index (χ0) is 14.8. The first-order valence-electron chi connectivity index (χ1n) is 6.82. The summed E-state index contributed by atoms with van der Waals surface area (Å²) >= 11 is 1.57. The van der Waals surface area contributed by atoms with E-state index in [0.29, 0.717) is 12.3 Å². The molecule has 0 spiro atoms. The van der Waals surface area contributed by atoms with Crippen LogP contribution in [0, 0.1) is 6.92 Å². The molecule has 3 N–H and O–H groups in total. The number of hydrogen-bond donors (Lipinski definition) is 2. The average Bonchev–Trinajstić information content (AvgIpc) is 2.84. The van der Waals surface area contributed by atoms with E-state index in [0.717, 1.165) is 26.8 Å². The molecular weight excluding hydrogens is 282 g/mol. The second-order valence-electron chi connectivity index (χ2n) is 4.80. The number of nitrogens with zero attached hydrogens (tertiary/aromatic N) is 1. The third-order valence-corrected chi connectivity index (χ3v) is 3.99. The lowest BCUT2D eigenvalue weighted by atomic mass is 10.2. The SMILES string of the molecule is CCOc1cc(Sc2nc3ccc(C)cc3[nH]2)ccc1N. The summed E-state index contributed by atoms with van der Waals surface area (Å²) in [6.45, 7) is 4.62. The highest BCUT2D eigenvalue weighted by Gasteiger charge is 2.07. The van der Waals surface area contributed by atoms with Gasteiger partial charge in [0.05, 0.1) is 23.3 Å². The van der Waals surface area contributed by atoms with Crippen molar-refractivity contribution in [2.75, 3.05) is 12.3 Å². The van der Waals surface area contributed by atoms with E-state index in [1.165, 1.54) is 5.56 Å². The molecule has 0 saturated carbocycles. The monoisotopic (exact) mass is 299 g/mol. The van der Waals surface area contributed by atoms with E-state index in [1.54, 1.807) is 11.8 Å². The third kappa shape index (κ3) is 2.97. The highest BCUT2D eigenvalue weighted by atomic mass is 32.2. The fraction of sp³-hybridized carbons (Fsp3) is 0.188. The zero-order valence-electron chi connectivity index (χ0n) is 12.0. The van der Waals surface area contributed by atoms with Crippen LogP contribution in [-0.4, -0.2) is 16.6 Å². The molecule has 0 aliphatic rings. The van der Waals surface area contributed by atoms with Gasteiger partial charge in [-0.1, -0.05) is 17.8 Å². The topological polar surface area (TPSA) is 63.9 Å². The Hall–Kier alpha value is -2.14. The van der Waals surface area contributed by atoms with Crippen LogP contribution in [0.3, 0.4) is 0 Å². The number of rotatable bonds is 4. The van der Waals surface area contributed by atoms with Crippen molar-refractivity contribution in [1.82, 2.24) is 9.97 Å². The summed E-state index contributed by atoms with van der Waals surface area (Å²) in [5, 5.41) is 0.864. The molecule has 3 rings (SSSR count). The number of ether oxygens (including phenoxy) is 1. The Morgan fingerprint density at radius 1 is 1.24 bits per heavy atom. The highest BCUT2D eigenvalue weighted by Crippen LogP contribution is 2.32. The average molecular weight is 299 g/mol. The molecule has 0 radical (unpaired) electrons. The van der Waals surface area contributed by atoms with E-state index in [1.807, 2.05) is 31.2 Å². The van der Waals surface area contributed by atoms with E-state index in [2.05, 4.69) is 29.0 Å². The number of nitrogen functional groups attached to an aromatic ring is 1. The maximum Gasteiger partial charge on any atom is 0.171 e. The van der Waals surface area contributed by atoms with Gasteiger partial charge in [-0.2, -0.15) is 0 Å². The molecule has 5 heteroatoms. The van der Waals surface area contributed by atoms with Gasteiger partial charge in [0.25, 0.3) is 0 Å². The third-order valence-electron chi connectivity index (χ3n) is 3.12. The smallest absolute Gasteiger partial charge is 0.171 e. The molecule has 108 valence electrons. The Morgan fingerprint density at radius 2 is 2.10 bits per heavy atom. The van der Waals surface area contributed by atoms with Gasteiger partial charge in [0.1, 0.15) is 5.75 Å². The lowest BCUT2D eigenvalue weighted by Gasteiger charge is -2.08. The van der Waals surface area contributed by atoms with E-state index < -0.39 is 0 Å². The van der Waals surface area contributed by atoms with Gasteiger partial charge in [0.15, 0.2) is 5.16 Å². The fourth-order valence-electron chi connectivity index (χ4n) is 2.12. The second-order valence-corrected chi connectivity index (χ2v) is 5.86. The van der Waals surface area contributed by atoms with Crippen LogP contribution in [0.15, 0.2) is 46.5 Å². The summed E-state index contributed by atoms with van der Waals surface area (Å²) in [5.41, 5.74) is 9.79. The lowest BCUT2D eigenvalue weighted by Crippen LogP contribution is -1.96. The Balaban J connectivity index is 1.89. The number of hydrogen-bond acceptors (Lipinski definition) is 4. The van der Waals surface area contributed by atoms with Crippen molar-refractivity contribution in [3.05, 3.63) is 42.0 Å². The minimum absolute atomic E-state index is 0.599. The Morgan fingerprint density at radius 3 is 2.90 bits per heavy atom. The van der Waals surface area contributed by atoms with Crippen LogP contribution in [0.4, 0.5) is 5.69 Å². The predicted octanol–water partition coefficient (Wildman–Crippen LogP) is 4.00. The van der Waals surface area contributed by atoms with Crippen LogP contribution < -0.4 is 10.5 Å². The number of aryl methyl sites for hydroxylation is 1. The van der Waals surface area contributed by atoms with Gasteiger partial charge in [-0.25, -0.2) is 4.98 Å². The molecule has 0 atom stereocenters. The standard InChI is InChI=1S/C16H17N3OS/c1-3-20-15-9-11(5-6-12(15)17)21-16-18-13-7-4-10(2)8-14(13)19-16/h4-9H,3,17H2,1-2H3,(H,18,19). The molecule has 3 aromatic rings. The van der Waals surface area contributed by atoms with Gasteiger partial charge >= 0.3 is 0 Å². The minimum Gasteiger partial charge on any atom is -0.492 e. The lowest BCUT2D eigenvalue weighted by molar-refractivity contribution is 0.341. The maximum absolute atomic E-state index is 5.89. The number of imidazole rings is 1. The number of nitrogens with one attached hydrogen (secondary N) is 1. The molecule has 21 heavy (non-hydrogen) atoms. The quantitative estimate of drug-likeness (QED) is 0.715. The summed E-state index contributed by atoms with van der Waals surface area (Å²) in [5.74, 6) is 0.717. The van der Waals surface area contributed by atoms with Crippen LogP contribution in [0.25, 0.3) is 11.0 Å². The first kappa shape index (κ1) is 13.8.